The van der Waals surface area contributed by atoms with Gasteiger partial charge in [-0.15, -0.1) is 0 Å². The summed E-state index contributed by atoms with van der Waals surface area (Å²) < 4.78 is 11.1. The van der Waals surface area contributed by atoms with Crippen LogP contribution in [0.1, 0.15) is 18.4 Å². The molecule has 1 aliphatic rings. The number of benzene rings is 1. The van der Waals surface area contributed by atoms with Crippen LogP contribution in [0.3, 0.4) is 0 Å². The summed E-state index contributed by atoms with van der Waals surface area (Å²) in [6, 6.07) is 5.60. The van der Waals surface area contributed by atoms with E-state index in [1.165, 1.54) is 0 Å². The number of hydrogen-bond donors (Lipinski definition) is 1. The number of ether oxygens (including phenoxy) is 2. The third kappa shape index (κ3) is 2.45. The largest absolute Gasteiger partial charge is 0.490 e. The third-order valence-corrected chi connectivity index (χ3v) is 2.46. The number of hydrogen-bond acceptors (Lipinski definition) is 3. The van der Waals surface area contributed by atoms with Gasteiger partial charge in [-0.05, 0) is 18.1 Å². The van der Waals surface area contributed by atoms with Gasteiger partial charge in [0.05, 0.1) is 13.2 Å². The summed E-state index contributed by atoms with van der Waals surface area (Å²) in [5.74, 6) is 0.633. The molecule has 0 aromatic heterocycles. The molecule has 0 saturated heterocycles. The van der Waals surface area contributed by atoms with Gasteiger partial charge < -0.3 is 14.6 Å². The summed E-state index contributed by atoms with van der Waals surface area (Å²) in [6.07, 6.45) is 1.44. The van der Waals surface area contributed by atoms with Gasteiger partial charge in [-0.25, -0.2) is 0 Å². The van der Waals surface area contributed by atoms with Crippen molar-refractivity contribution in [2.45, 2.75) is 19.3 Å². The lowest BCUT2D eigenvalue weighted by Gasteiger charge is -2.11. The van der Waals surface area contributed by atoms with E-state index in [2.05, 4.69) is 0 Å². The zero-order valence-corrected chi connectivity index (χ0v) is 8.94. The Hall–Kier alpha value is -1.71. The van der Waals surface area contributed by atoms with Gasteiger partial charge in [0.15, 0.2) is 11.5 Å². The normalized spacial score (nSPS) is 14.2. The Bertz CT molecular complexity index is 387. The molecule has 0 saturated carbocycles. The minimum absolute atomic E-state index is 0.111. The van der Waals surface area contributed by atoms with Crippen LogP contribution in [0.4, 0.5) is 0 Å². The van der Waals surface area contributed by atoms with Crippen LogP contribution in [0.5, 0.6) is 11.5 Å². The maximum absolute atomic E-state index is 10.5. The van der Waals surface area contributed by atoms with Crippen LogP contribution >= 0.6 is 0 Å². The second-order valence-electron chi connectivity index (χ2n) is 3.69. The summed E-state index contributed by atoms with van der Waals surface area (Å²) >= 11 is 0. The molecule has 2 rings (SSSR count). The Kier molecular flexibility index (Phi) is 3.29. The summed E-state index contributed by atoms with van der Waals surface area (Å²) in [5.41, 5.74) is 0.904. The van der Waals surface area contributed by atoms with E-state index in [1.807, 2.05) is 18.2 Å². The Morgan fingerprint density at radius 2 is 2.12 bits per heavy atom. The van der Waals surface area contributed by atoms with Crippen LogP contribution in [-0.4, -0.2) is 24.3 Å². The lowest BCUT2D eigenvalue weighted by Crippen LogP contribution is -2.01. The molecular weight excluding hydrogens is 208 g/mol. The third-order valence-electron chi connectivity index (χ3n) is 2.46. The highest BCUT2D eigenvalue weighted by Gasteiger charge is 2.14. The molecule has 0 aliphatic carbocycles. The van der Waals surface area contributed by atoms with Crippen molar-refractivity contribution in [3.05, 3.63) is 23.8 Å². The minimum atomic E-state index is -0.799. The number of carboxylic acids is 1. The first-order chi connectivity index (χ1) is 7.77. The molecule has 0 bridgehead atoms. The molecule has 0 amide bonds. The average Bonchev–Trinajstić information content (AvgIpc) is 2.51. The van der Waals surface area contributed by atoms with Gasteiger partial charge >= 0.3 is 5.97 Å². The summed E-state index contributed by atoms with van der Waals surface area (Å²) in [5, 5.41) is 8.66. The quantitative estimate of drug-likeness (QED) is 0.848. The van der Waals surface area contributed by atoms with E-state index in [0.29, 0.717) is 25.4 Å². The van der Waals surface area contributed by atoms with Crippen LogP contribution in [0, 0.1) is 0 Å². The fourth-order valence-electron chi connectivity index (χ4n) is 1.69. The van der Waals surface area contributed by atoms with Gasteiger partial charge in [0.1, 0.15) is 0 Å². The SMILES string of the molecule is O=C(O)CCc1cccc2c1OCCCO2. The molecule has 1 aliphatic heterocycles. The summed E-state index contributed by atoms with van der Waals surface area (Å²) in [7, 11) is 0. The van der Waals surface area contributed by atoms with Crippen molar-refractivity contribution < 1.29 is 19.4 Å². The molecule has 1 aromatic carbocycles. The van der Waals surface area contributed by atoms with Crippen molar-refractivity contribution in [1.82, 2.24) is 0 Å². The van der Waals surface area contributed by atoms with E-state index in [4.69, 9.17) is 14.6 Å². The molecule has 1 N–H and O–H groups in total. The second kappa shape index (κ2) is 4.88. The molecule has 0 atom stereocenters. The monoisotopic (exact) mass is 222 g/mol. The minimum Gasteiger partial charge on any atom is -0.490 e. The Morgan fingerprint density at radius 1 is 1.31 bits per heavy atom. The number of para-hydroxylation sites is 1. The van der Waals surface area contributed by atoms with Gasteiger partial charge in [-0.2, -0.15) is 0 Å². The van der Waals surface area contributed by atoms with E-state index >= 15 is 0 Å². The number of carboxylic acid groups (broad SMARTS) is 1. The predicted octanol–water partition coefficient (Wildman–Crippen LogP) is 1.87. The molecule has 1 aromatic rings. The van der Waals surface area contributed by atoms with E-state index < -0.39 is 5.97 Å². The Morgan fingerprint density at radius 3 is 2.94 bits per heavy atom. The molecular formula is C12H14O4. The van der Waals surface area contributed by atoms with Gasteiger partial charge in [-0.3, -0.25) is 4.79 Å². The van der Waals surface area contributed by atoms with Gasteiger partial charge in [0.2, 0.25) is 0 Å². The topological polar surface area (TPSA) is 55.8 Å². The maximum Gasteiger partial charge on any atom is 0.303 e. The number of carbonyl (C=O) groups is 1. The van der Waals surface area contributed by atoms with E-state index in [0.717, 1.165) is 17.7 Å². The van der Waals surface area contributed by atoms with Crippen LogP contribution in [0.15, 0.2) is 18.2 Å². The second-order valence-corrected chi connectivity index (χ2v) is 3.69. The van der Waals surface area contributed by atoms with Gasteiger partial charge in [0.25, 0.3) is 0 Å². The molecule has 0 radical (unpaired) electrons. The molecule has 86 valence electrons. The molecule has 4 nitrogen and oxygen atoms in total. The zero-order valence-electron chi connectivity index (χ0n) is 8.94. The highest BCUT2D eigenvalue weighted by molar-refractivity contribution is 5.67. The van der Waals surface area contributed by atoms with Crippen molar-refractivity contribution in [1.29, 1.82) is 0 Å². The van der Waals surface area contributed by atoms with Crippen LogP contribution in [0.2, 0.25) is 0 Å². The average molecular weight is 222 g/mol. The molecule has 0 fully saturated rings. The van der Waals surface area contributed by atoms with E-state index in [1.54, 1.807) is 0 Å². The van der Waals surface area contributed by atoms with Crippen molar-refractivity contribution in [3.8, 4) is 11.5 Å². The highest BCUT2D eigenvalue weighted by Crippen LogP contribution is 2.33. The standard InChI is InChI=1S/C12H14O4/c13-11(14)6-5-9-3-1-4-10-12(9)16-8-2-7-15-10/h1,3-4H,2,5-8H2,(H,13,14). The van der Waals surface area contributed by atoms with Crippen LogP contribution in [-0.2, 0) is 11.2 Å². The molecule has 4 heteroatoms. The van der Waals surface area contributed by atoms with Gasteiger partial charge in [-0.1, -0.05) is 12.1 Å². The maximum atomic E-state index is 10.5. The van der Waals surface area contributed by atoms with E-state index in [-0.39, 0.29) is 6.42 Å². The smallest absolute Gasteiger partial charge is 0.303 e. The Labute approximate surface area is 93.8 Å². The lowest BCUT2D eigenvalue weighted by molar-refractivity contribution is -0.136. The van der Waals surface area contributed by atoms with Crippen molar-refractivity contribution in [2.24, 2.45) is 0 Å². The number of fused-ring (bicyclic) bond motifs is 1. The molecule has 16 heavy (non-hydrogen) atoms. The molecule has 0 spiro atoms. The summed E-state index contributed by atoms with van der Waals surface area (Å²) in [6.45, 7) is 1.27. The predicted molar refractivity (Wildman–Crippen MR) is 58.0 cm³/mol. The summed E-state index contributed by atoms with van der Waals surface area (Å²) in [4.78, 5) is 10.5. The van der Waals surface area contributed by atoms with Crippen LogP contribution in [0.25, 0.3) is 0 Å². The first-order valence-electron chi connectivity index (χ1n) is 5.36. The van der Waals surface area contributed by atoms with Crippen molar-refractivity contribution in [2.75, 3.05) is 13.2 Å². The Balaban J connectivity index is 2.20. The highest BCUT2D eigenvalue weighted by atomic mass is 16.5. The fraction of sp³-hybridized carbons (Fsp3) is 0.417. The first-order valence-corrected chi connectivity index (χ1v) is 5.36. The number of rotatable bonds is 3. The zero-order chi connectivity index (χ0) is 11.4. The number of aliphatic carboxylic acids is 1. The molecule has 1 heterocycles. The molecule has 0 unspecified atom stereocenters. The number of aryl methyl sites for hydroxylation is 1. The van der Waals surface area contributed by atoms with Crippen molar-refractivity contribution in [3.63, 3.8) is 0 Å². The van der Waals surface area contributed by atoms with Crippen LogP contribution < -0.4 is 9.47 Å². The lowest BCUT2D eigenvalue weighted by atomic mass is 10.1. The fourth-order valence-corrected chi connectivity index (χ4v) is 1.69. The van der Waals surface area contributed by atoms with E-state index in [9.17, 15) is 4.79 Å². The van der Waals surface area contributed by atoms with Crippen molar-refractivity contribution >= 4 is 5.97 Å². The first kappa shape index (κ1) is 10.8. The van der Waals surface area contributed by atoms with Gasteiger partial charge in [0, 0.05) is 12.8 Å².